The summed E-state index contributed by atoms with van der Waals surface area (Å²) < 4.78 is 2.13. The van der Waals surface area contributed by atoms with Gasteiger partial charge < -0.3 is 10.2 Å². The van der Waals surface area contributed by atoms with Gasteiger partial charge in [-0.2, -0.15) is 0 Å². The predicted molar refractivity (Wildman–Crippen MR) is 110 cm³/mol. The third-order valence-electron chi connectivity index (χ3n) is 5.28. The van der Waals surface area contributed by atoms with Gasteiger partial charge in [0.05, 0.1) is 12.0 Å². The number of aromatic nitrogens is 1. The van der Waals surface area contributed by atoms with Crippen LogP contribution in [0.4, 0.5) is 0 Å². The second-order valence-electron chi connectivity index (χ2n) is 7.73. The van der Waals surface area contributed by atoms with Crippen LogP contribution in [0.2, 0.25) is 0 Å². The van der Waals surface area contributed by atoms with Crippen molar-refractivity contribution < 1.29 is 24.4 Å². The zero-order chi connectivity index (χ0) is 20.9. The number of fused-ring (bicyclic) bond motifs is 1. The molecule has 3 heterocycles. The van der Waals surface area contributed by atoms with Gasteiger partial charge in [0.1, 0.15) is 11.1 Å². The molecule has 4 rings (SSSR count). The second kappa shape index (κ2) is 7.31. The van der Waals surface area contributed by atoms with Crippen molar-refractivity contribution in [2.75, 3.05) is 0 Å². The zero-order valence-electron chi connectivity index (χ0n) is 16.5. The number of carbonyl (C=O) groups excluding carboxylic acids is 1. The Morgan fingerprint density at radius 2 is 1.83 bits per heavy atom. The molecule has 7 heteroatoms. The van der Waals surface area contributed by atoms with Gasteiger partial charge in [-0.25, -0.2) is 9.36 Å². The number of pyridine rings is 1. The lowest BCUT2D eigenvalue weighted by atomic mass is 9.92. The number of thioether (sulfide) groups is 1. The smallest absolute Gasteiger partial charge is 0.353 e. The van der Waals surface area contributed by atoms with Crippen LogP contribution in [0, 0.1) is 19.8 Å². The Labute approximate surface area is 173 Å². The van der Waals surface area contributed by atoms with Crippen LogP contribution in [0.25, 0.3) is 4.91 Å². The molecule has 0 radical (unpaired) electrons. The lowest BCUT2D eigenvalue weighted by molar-refractivity contribution is -0.689. The minimum absolute atomic E-state index is 0.0123. The molecule has 6 nitrogen and oxygen atoms in total. The average Bonchev–Trinajstić information content (AvgIpc) is 2.96. The van der Waals surface area contributed by atoms with Gasteiger partial charge >= 0.3 is 5.97 Å². The van der Waals surface area contributed by atoms with Gasteiger partial charge in [0.15, 0.2) is 18.9 Å². The molecule has 2 aromatic rings. The number of amides is 1. The van der Waals surface area contributed by atoms with Crippen LogP contribution in [0.15, 0.2) is 48.4 Å². The van der Waals surface area contributed by atoms with E-state index in [4.69, 9.17) is 0 Å². The number of benzene rings is 1. The molecule has 0 aliphatic carbocycles. The number of hydrogen-bond donors (Lipinski definition) is 2. The molecule has 150 valence electrons. The monoisotopic (exact) mass is 411 g/mol. The molecule has 1 fully saturated rings. The first-order valence-electron chi connectivity index (χ1n) is 9.48. The first-order valence-corrected chi connectivity index (χ1v) is 10.4. The Kier molecular flexibility index (Phi) is 4.96. The minimum Gasteiger partial charge on any atom is -0.477 e. The maximum atomic E-state index is 12.3. The Morgan fingerprint density at radius 1 is 1.21 bits per heavy atom. The van der Waals surface area contributed by atoms with E-state index in [1.54, 1.807) is 6.92 Å². The number of nitrogens with zero attached hydrogens (tertiary/aromatic N) is 2. The number of carboxylic acids is 1. The molecule has 0 spiro atoms. The van der Waals surface area contributed by atoms with E-state index in [1.807, 2.05) is 24.3 Å². The summed E-state index contributed by atoms with van der Waals surface area (Å²) in [6, 6.07) is 9.89. The van der Waals surface area contributed by atoms with E-state index >= 15 is 0 Å². The molecule has 2 N–H and O–H groups in total. The number of aliphatic carboxylic acids is 1. The first kappa shape index (κ1) is 19.7. The summed E-state index contributed by atoms with van der Waals surface area (Å²) >= 11 is 1.34. The van der Waals surface area contributed by atoms with Crippen LogP contribution < -0.4 is 4.57 Å². The number of rotatable bonds is 5. The van der Waals surface area contributed by atoms with E-state index in [2.05, 4.69) is 36.9 Å². The molecular formula is C22H23N2O4S+. The van der Waals surface area contributed by atoms with Gasteiger partial charge in [0.25, 0.3) is 0 Å². The third-order valence-corrected chi connectivity index (χ3v) is 6.69. The summed E-state index contributed by atoms with van der Waals surface area (Å²) in [5, 5.41) is 19.2. The van der Waals surface area contributed by atoms with Crippen molar-refractivity contribution in [3.63, 3.8) is 0 Å². The van der Waals surface area contributed by atoms with Gasteiger partial charge in [-0.05, 0) is 32.4 Å². The number of carboxylic acid groups (broad SMARTS) is 1. The highest BCUT2D eigenvalue weighted by molar-refractivity contribution is 8.09. The number of aryl methyl sites for hydroxylation is 2. The fourth-order valence-corrected chi connectivity index (χ4v) is 5.66. The van der Waals surface area contributed by atoms with Crippen molar-refractivity contribution in [1.29, 1.82) is 0 Å². The van der Waals surface area contributed by atoms with Crippen LogP contribution in [0.5, 0.6) is 0 Å². The summed E-state index contributed by atoms with van der Waals surface area (Å²) in [7, 11) is 0. The van der Waals surface area contributed by atoms with Gasteiger partial charge in [-0.1, -0.05) is 36.0 Å². The molecule has 1 amide bonds. The largest absolute Gasteiger partial charge is 0.477 e. The highest BCUT2D eigenvalue weighted by Gasteiger charge is 2.57. The van der Waals surface area contributed by atoms with Crippen LogP contribution >= 0.6 is 11.8 Å². The maximum Gasteiger partial charge on any atom is 0.353 e. The predicted octanol–water partition coefficient (Wildman–Crippen LogP) is 2.30. The van der Waals surface area contributed by atoms with E-state index in [-0.39, 0.29) is 17.0 Å². The van der Waals surface area contributed by atoms with Crippen LogP contribution in [-0.2, 0) is 16.1 Å². The molecule has 0 saturated carbocycles. The molecule has 2 aliphatic heterocycles. The van der Waals surface area contributed by atoms with Gasteiger partial charge in [-0.15, -0.1) is 0 Å². The Hall–Kier alpha value is -2.64. The van der Waals surface area contributed by atoms with Crippen molar-refractivity contribution in [3.05, 3.63) is 70.7 Å². The third kappa shape index (κ3) is 3.45. The lowest BCUT2D eigenvalue weighted by Gasteiger charge is -2.43. The number of carbonyl (C=O) groups is 2. The van der Waals surface area contributed by atoms with E-state index < -0.39 is 18.0 Å². The number of β-lactam (4-membered cyclic amide) rings is 1. The summed E-state index contributed by atoms with van der Waals surface area (Å²) in [5.41, 5.74) is 4.28. The number of aliphatic hydroxyl groups is 1. The van der Waals surface area contributed by atoms with Crippen LogP contribution in [0.1, 0.15) is 29.2 Å². The Morgan fingerprint density at radius 3 is 2.38 bits per heavy atom. The quantitative estimate of drug-likeness (QED) is 0.583. The van der Waals surface area contributed by atoms with Gasteiger partial charge in [0, 0.05) is 21.6 Å². The lowest BCUT2D eigenvalue weighted by Crippen LogP contribution is -2.60. The van der Waals surface area contributed by atoms with E-state index in [0.717, 1.165) is 17.7 Å². The summed E-state index contributed by atoms with van der Waals surface area (Å²) in [6.07, 6.45) is 3.37. The fraction of sp³-hybridized carbons (Fsp3) is 0.318. The topological polar surface area (TPSA) is 81.7 Å². The van der Waals surface area contributed by atoms with E-state index in [1.165, 1.54) is 27.8 Å². The fourth-order valence-electron chi connectivity index (χ4n) is 4.04. The molecule has 3 atom stereocenters. The standard InChI is InChI=1S/C22H22N2O4S/c1-12-8-13(2)10-23(9-12)11-15-4-6-16(7-5-15)19-18(22(27)28)24-20(26)17(14(3)25)21(24)29-19/h4-10,14,17,21,25H,11H2,1-3H3/p+1/t14-,17+,21-/m1/s1. The highest BCUT2D eigenvalue weighted by atomic mass is 32.2. The van der Waals surface area contributed by atoms with Crippen molar-refractivity contribution in [2.45, 2.75) is 38.8 Å². The van der Waals surface area contributed by atoms with E-state index in [0.29, 0.717) is 4.91 Å². The molecule has 0 bridgehead atoms. The molecule has 1 aromatic carbocycles. The number of aliphatic hydroxyl groups excluding tert-OH is 1. The summed E-state index contributed by atoms with van der Waals surface area (Å²) in [4.78, 5) is 26.1. The summed E-state index contributed by atoms with van der Waals surface area (Å²) in [5.74, 6) is -2.01. The molecule has 1 saturated heterocycles. The molecule has 1 aromatic heterocycles. The maximum absolute atomic E-state index is 12.3. The molecule has 2 aliphatic rings. The Balaban J connectivity index is 1.60. The van der Waals surface area contributed by atoms with Crippen LogP contribution in [-0.4, -0.2) is 38.5 Å². The van der Waals surface area contributed by atoms with Crippen molar-refractivity contribution >= 4 is 28.5 Å². The van der Waals surface area contributed by atoms with Crippen molar-refractivity contribution in [2.24, 2.45) is 5.92 Å². The first-order chi connectivity index (χ1) is 13.8. The highest BCUT2D eigenvalue weighted by Crippen LogP contribution is 2.53. The molecular weight excluding hydrogens is 388 g/mol. The average molecular weight is 412 g/mol. The van der Waals surface area contributed by atoms with Gasteiger partial charge in [-0.3, -0.25) is 9.69 Å². The minimum atomic E-state index is -1.12. The van der Waals surface area contributed by atoms with E-state index in [9.17, 15) is 19.8 Å². The Bertz CT molecular complexity index is 1010. The summed E-state index contributed by atoms with van der Waals surface area (Å²) in [6.45, 7) is 6.42. The van der Waals surface area contributed by atoms with Gasteiger partial charge in [0.2, 0.25) is 5.91 Å². The molecule has 0 unspecified atom stereocenters. The van der Waals surface area contributed by atoms with Crippen LogP contribution in [0.3, 0.4) is 0 Å². The normalized spacial score (nSPS) is 21.8. The second-order valence-corrected chi connectivity index (χ2v) is 8.85. The SMILES string of the molecule is Cc1cc(C)c[n+](Cc2ccc(C3=C(C(=O)O)N4C(=O)[C@H]([C@@H](C)O)[C@H]4S3)cc2)c1. The van der Waals surface area contributed by atoms with Crippen molar-refractivity contribution in [1.82, 2.24) is 4.90 Å². The number of hydrogen-bond acceptors (Lipinski definition) is 4. The molecule has 29 heavy (non-hydrogen) atoms. The zero-order valence-corrected chi connectivity index (χ0v) is 17.3. The van der Waals surface area contributed by atoms with Crippen molar-refractivity contribution in [3.8, 4) is 0 Å².